The minimum Gasteiger partial charge on any atom is -0.361 e. The van der Waals surface area contributed by atoms with E-state index in [9.17, 15) is 13.2 Å². The third-order valence-electron chi connectivity index (χ3n) is 3.86. The van der Waals surface area contributed by atoms with E-state index in [-0.39, 0.29) is 11.8 Å². The molecule has 2 aromatic rings. The summed E-state index contributed by atoms with van der Waals surface area (Å²) in [5, 5.41) is 3.68. The Morgan fingerprint density at radius 2 is 2.13 bits per heavy atom. The van der Waals surface area contributed by atoms with Gasteiger partial charge in [0.1, 0.15) is 11.5 Å². The van der Waals surface area contributed by atoms with Crippen LogP contribution in [-0.2, 0) is 26.8 Å². The van der Waals surface area contributed by atoms with Crippen LogP contribution in [-0.4, -0.2) is 31.3 Å². The molecule has 23 heavy (non-hydrogen) atoms. The highest BCUT2D eigenvalue weighted by Gasteiger charge is 2.33. The Bertz CT molecular complexity index is 841. The van der Waals surface area contributed by atoms with Crippen LogP contribution in [0.1, 0.15) is 23.9 Å². The highest BCUT2D eigenvalue weighted by molar-refractivity contribution is 7.91. The molecule has 0 saturated carbocycles. The van der Waals surface area contributed by atoms with Gasteiger partial charge in [0.25, 0.3) is 0 Å². The summed E-state index contributed by atoms with van der Waals surface area (Å²) in [7, 11) is -3.60. The first-order chi connectivity index (χ1) is 10.9. The number of carbonyl (C=O) groups is 1. The Morgan fingerprint density at radius 3 is 2.83 bits per heavy atom. The topological polar surface area (TPSA) is 80.5 Å². The Balaban J connectivity index is 1.76. The van der Waals surface area contributed by atoms with E-state index < -0.39 is 21.5 Å². The molecule has 0 N–H and O–H groups in total. The Morgan fingerprint density at radius 1 is 1.39 bits per heavy atom. The van der Waals surface area contributed by atoms with E-state index in [0.29, 0.717) is 11.5 Å². The molecule has 0 fully saturated rings. The van der Waals surface area contributed by atoms with Crippen LogP contribution in [0.2, 0.25) is 0 Å². The lowest BCUT2D eigenvalue weighted by Crippen LogP contribution is -2.39. The number of fused-ring (bicyclic) bond motifs is 1. The molecular formula is C16H18N2O4S. The van der Waals surface area contributed by atoms with Gasteiger partial charge in [0.15, 0.2) is 9.84 Å². The zero-order valence-electron chi connectivity index (χ0n) is 13.0. The summed E-state index contributed by atoms with van der Waals surface area (Å²) in [4.78, 5) is 14.1. The molecular weight excluding hydrogens is 316 g/mol. The van der Waals surface area contributed by atoms with Gasteiger partial charge in [-0.1, -0.05) is 23.4 Å². The Labute approximate surface area is 135 Å². The number of aromatic nitrogens is 1. The van der Waals surface area contributed by atoms with Crippen LogP contribution in [0, 0.1) is 6.92 Å². The second-order valence-electron chi connectivity index (χ2n) is 5.91. The first kappa shape index (κ1) is 15.7. The van der Waals surface area contributed by atoms with E-state index in [2.05, 4.69) is 5.16 Å². The number of amides is 1. The van der Waals surface area contributed by atoms with E-state index >= 15 is 0 Å². The van der Waals surface area contributed by atoms with E-state index in [4.69, 9.17) is 4.52 Å². The normalized spacial score (nSPS) is 17.3. The molecule has 0 radical (unpaired) electrons. The number of carbonyl (C=O) groups excluding carboxylic acids is 1. The number of rotatable bonds is 4. The van der Waals surface area contributed by atoms with Crippen molar-refractivity contribution in [1.29, 1.82) is 0 Å². The van der Waals surface area contributed by atoms with Crippen LogP contribution in [0.15, 0.2) is 34.9 Å². The van der Waals surface area contributed by atoms with Gasteiger partial charge < -0.3 is 9.42 Å². The first-order valence-corrected chi connectivity index (χ1v) is 9.20. The standard InChI is InChI=1S/C16H18N2O4S/c1-11-7-13-5-3-4-6-15(13)18(11)16(19)10-23(20,21)9-14-8-12(2)22-17-14/h3-6,8,11H,7,9-10H2,1-2H3/t11-/m1/s1. The molecule has 0 unspecified atom stereocenters. The maximum Gasteiger partial charge on any atom is 0.242 e. The quantitative estimate of drug-likeness (QED) is 0.853. The van der Waals surface area contributed by atoms with Gasteiger partial charge in [0.2, 0.25) is 5.91 Å². The summed E-state index contributed by atoms with van der Waals surface area (Å²) in [5.74, 6) is -0.677. The number of hydrogen-bond acceptors (Lipinski definition) is 5. The van der Waals surface area contributed by atoms with E-state index in [1.54, 1.807) is 17.9 Å². The molecule has 0 spiro atoms. The van der Waals surface area contributed by atoms with Gasteiger partial charge in [-0.05, 0) is 31.9 Å². The van der Waals surface area contributed by atoms with Gasteiger partial charge in [0.05, 0.1) is 11.4 Å². The van der Waals surface area contributed by atoms with Crippen LogP contribution in [0.4, 0.5) is 5.69 Å². The third kappa shape index (κ3) is 3.29. The van der Waals surface area contributed by atoms with Gasteiger partial charge in [0, 0.05) is 17.8 Å². The average Bonchev–Trinajstić information content (AvgIpc) is 2.99. The minimum absolute atomic E-state index is 0.0376. The predicted octanol–water partition coefficient (Wildman–Crippen LogP) is 1.88. The molecule has 7 heteroatoms. The fourth-order valence-corrected chi connectivity index (χ4v) is 4.17. The number of anilines is 1. The third-order valence-corrected chi connectivity index (χ3v) is 5.29. The largest absolute Gasteiger partial charge is 0.361 e. The molecule has 0 bridgehead atoms. The zero-order chi connectivity index (χ0) is 16.6. The predicted molar refractivity (Wildman–Crippen MR) is 85.8 cm³/mol. The maximum atomic E-state index is 12.5. The summed E-state index contributed by atoms with van der Waals surface area (Å²) in [6.45, 7) is 3.61. The number of para-hydroxylation sites is 1. The molecule has 1 aliphatic rings. The molecule has 1 aromatic carbocycles. The lowest BCUT2D eigenvalue weighted by Gasteiger charge is -2.22. The zero-order valence-corrected chi connectivity index (χ0v) is 13.8. The summed E-state index contributed by atoms with van der Waals surface area (Å²) in [5.41, 5.74) is 2.19. The number of sulfone groups is 1. The number of hydrogen-bond donors (Lipinski definition) is 0. The molecule has 1 atom stereocenters. The molecule has 0 saturated heterocycles. The molecule has 0 aliphatic carbocycles. The summed E-state index contributed by atoms with van der Waals surface area (Å²) in [6, 6.07) is 9.11. The lowest BCUT2D eigenvalue weighted by atomic mass is 10.1. The van der Waals surface area contributed by atoms with Crippen LogP contribution in [0.5, 0.6) is 0 Å². The molecule has 3 rings (SSSR count). The van der Waals surface area contributed by atoms with Gasteiger partial charge in [-0.25, -0.2) is 8.42 Å². The maximum absolute atomic E-state index is 12.5. The number of aryl methyl sites for hydroxylation is 1. The number of benzene rings is 1. The second kappa shape index (κ2) is 5.81. The van der Waals surface area contributed by atoms with Crippen molar-refractivity contribution in [2.45, 2.75) is 32.1 Å². The van der Waals surface area contributed by atoms with Gasteiger partial charge in [-0.3, -0.25) is 4.79 Å². The average molecular weight is 334 g/mol. The molecule has 6 nitrogen and oxygen atoms in total. The van der Waals surface area contributed by atoms with E-state index in [1.807, 2.05) is 31.2 Å². The Hall–Kier alpha value is -2.15. The highest BCUT2D eigenvalue weighted by atomic mass is 32.2. The molecule has 1 aromatic heterocycles. The van der Waals surface area contributed by atoms with Crippen molar-refractivity contribution < 1.29 is 17.7 Å². The van der Waals surface area contributed by atoms with Crippen LogP contribution in [0.25, 0.3) is 0 Å². The van der Waals surface area contributed by atoms with Crippen molar-refractivity contribution >= 4 is 21.4 Å². The van der Waals surface area contributed by atoms with Crippen molar-refractivity contribution in [3.63, 3.8) is 0 Å². The molecule has 122 valence electrons. The first-order valence-electron chi connectivity index (χ1n) is 7.38. The van der Waals surface area contributed by atoms with Crippen molar-refractivity contribution in [3.05, 3.63) is 47.3 Å². The highest BCUT2D eigenvalue weighted by Crippen LogP contribution is 2.32. The molecule has 1 amide bonds. The van der Waals surface area contributed by atoms with Crippen LogP contribution < -0.4 is 4.90 Å². The van der Waals surface area contributed by atoms with Crippen molar-refractivity contribution in [3.8, 4) is 0 Å². The second-order valence-corrected chi connectivity index (χ2v) is 7.97. The van der Waals surface area contributed by atoms with E-state index in [1.165, 1.54) is 0 Å². The Kier molecular flexibility index (Phi) is 3.97. The van der Waals surface area contributed by atoms with Gasteiger partial charge >= 0.3 is 0 Å². The number of nitrogens with zero attached hydrogens (tertiary/aromatic N) is 2. The molecule has 2 heterocycles. The monoisotopic (exact) mass is 334 g/mol. The fraction of sp³-hybridized carbons (Fsp3) is 0.375. The minimum atomic E-state index is -3.60. The SMILES string of the molecule is Cc1cc(CS(=O)(=O)CC(=O)N2c3ccccc3C[C@H]2C)no1. The van der Waals surface area contributed by atoms with Crippen molar-refractivity contribution in [2.75, 3.05) is 10.7 Å². The fourth-order valence-electron chi connectivity index (χ4n) is 2.97. The van der Waals surface area contributed by atoms with Gasteiger partial charge in [-0.2, -0.15) is 0 Å². The lowest BCUT2D eigenvalue weighted by molar-refractivity contribution is -0.116. The van der Waals surface area contributed by atoms with Crippen molar-refractivity contribution in [2.24, 2.45) is 0 Å². The molecule has 1 aliphatic heterocycles. The smallest absolute Gasteiger partial charge is 0.242 e. The summed E-state index contributed by atoms with van der Waals surface area (Å²) >= 11 is 0. The van der Waals surface area contributed by atoms with E-state index in [0.717, 1.165) is 17.7 Å². The van der Waals surface area contributed by atoms with Gasteiger partial charge in [-0.15, -0.1) is 0 Å². The summed E-state index contributed by atoms with van der Waals surface area (Å²) < 4.78 is 29.4. The van der Waals surface area contributed by atoms with Crippen molar-refractivity contribution in [1.82, 2.24) is 5.16 Å². The van der Waals surface area contributed by atoms with Crippen LogP contribution >= 0.6 is 0 Å². The van der Waals surface area contributed by atoms with Crippen LogP contribution in [0.3, 0.4) is 0 Å². The summed E-state index contributed by atoms with van der Waals surface area (Å²) in [6.07, 6.45) is 0.741.